The lowest BCUT2D eigenvalue weighted by Crippen LogP contribution is -2.52. The Labute approximate surface area is 143 Å². The summed E-state index contributed by atoms with van der Waals surface area (Å²) < 4.78 is 21.4. The Balaban J connectivity index is 2.58. The fourth-order valence-corrected chi connectivity index (χ4v) is 5.00. The summed E-state index contributed by atoms with van der Waals surface area (Å²) in [6.45, 7) is 4.41. The van der Waals surface area contributed by atoms with Gasteiger partial charge in [-0.3, -0.25) is 0 Å². The molecule has 0 amide bonds. The number of aromatic hydroxyl groups is 1. The highest BCUT2D eigenvalue weighted by Gasteiger charge is 2.29. The zero-order chi connectivity index (χ0) is 17.9. The van der Waals surface area contributed by atoms with E-state index in [0.717, 1.165) is 10.4 Å². The molecule has 0 aliphatic rings. The molecular weight excluding hydrogens is 324 g/mol. The first-order valence-corrected chi connectivity index (χ1v) is 10.6. The molecule has 0 aromatic heterocycles. The molecule has 0 fully saturated rings. The minimum atomic E-state index is -2.08. The van der Waals surface area contributed by atoms with E-state index in [4.69, 9.17) is 18.9 Å². The van der Waals surface area contributed by atoms with Crippen LogP contribution < -0.4 is 29.3 Å². The quantitative estimate of drug-likeness (QED) is 0.812. The van der Waals surface area contributed by atoms with Gasteiger partial charge < -0.3 is 24.1 Å². The van der Waals surface area contributed by atoms with Gasteiger partial charge in [-0.25, -0.2) is 0 Å². The van der Waals surface area contributed by atoms with Crippen LogP contribution in [0.25, 0.3) is 0 Å². The first kappa shape index (κ1) is 18.0. The molecule has 2 aromatic carbocycles. The highest BCUT2D eigenvalue weighted by atomic mass is 28.3. The van der Waals surface area contributed by atoms with E-state index in [0.29, 0.717) is 23.0 Å². The maximum Gasteiger partial charge on any atom is 0.203 e. The molecule has 0 spiro atoms. The van der Waals surface area contributed by atoms with Crippen molar-refractivity contribution in [1.29, 1.82) is 0 Å². The van der Waals surface area contributed by atoms with Gasteiger partial charge in [0.2, 0.25) is 5.75 Å². The Hall–Kier alpha value is -2.34. The van der Waals surface area contributed by atoms with Crippen molar-refractivity contribution in [3.05, 3.63) is 30.3 Å². The van der Waals surface area contributed by atoms with Crippen LogP contribution in [0.4, 0.5) is 0 Å². The van der Waals surface area contributed by atoms with E-state index < -0.39 is 8.07 Å². The number of rotatable bonds is 6. The minimum absolute atomic E-state index is 0.142. The minimum Gasteiger partial charge on any atom is -0.504 e. The van der Waals surface area contributed by atoms with E-state index in [9.17, 15) is 5.11 Å². The smallest absolute Gasteiger partial charge is 0.203 e. The van der Waals surface area contributed by atoms with Crippen LogP contribution in [0.5, 0.6) is 28.7 Å². The van der Waals surface area contributed by atoms with Gasteiger partial charge in [-0.05, 0) is 29.5 Å². The average Bonchev–Trinajstić information content (AvgIpc) is 2.59. The topological polar surface area (TPSA) is 57.2 Å². The van der Waals surface area contributed by atoms with Gasteiger partial charge in [-0.15, -0.1) is 0 Å². The van der Waals surface area contributed by atoms with Gasteiger partial charge >= 0.3 is 0 Å². The highest BCUT2D eigenvalue weighted by Crippen LogP contribution is 2.36. The molecule has 130 valence electrons. The third-order valence-electron chi connectivity index (χ3n) is 4.29. The Morgan fingerprint density at radius 2 is 1.25 bits per heavy atom. The zero-order valence-corrected chi connectivity index (χ0v) is 16.0. The maximum atomic E-state index is 10.1. The van der Waals surface area contributed by atoms with Gasteiger partial charge in [0.15, 0.2) is 23.0 Å². The summed E-state index contributed by atoms with van der Waals surface area (Å²) in [4.78, 5) is 0. The summed E-state index contributed by atoms with van der Waals surface area (Å²) in [5, 5.41) is 12.3. The standard InChI is InChI=1S/C18H24O5Si/c1-20-15-8-7-12(9-14(15)19)24(5,6)13-10-16(21-2)18(23-4)17(11-13)22-3/h7-11,19H,1-6H3. The number of hydrogen-bond acceptors (Lipinski definition) is 5. The van der Waals surface area contributed by atoms with Crippen LogP contribution in [0.2, 0.25) is 13.1 Å². The van der Waals surface area contributed by atoms with Crippen LogP contribution >= 0.6 is 0 Å². The van der Waals surface area contributed by atoms with E-state index in [2.05, 4.69) is 13.1 Å². The first-order valence-electron chi connectivity index (χ1n) is 7.57. The van der Waals surface area contributed by atoms with Crippen molar-refractivity contribution < 1.29 is 24.1 Å². The van der Waals surface area contributed by atoms with Gasteiger partial charge in [-0.2, -0.15) is 0 Å². The van der Waals surface area contributed by atoms with Crippen molar-refractivity contribution in [3.63, 3.8) is 0 Å². The van der Waals surface area contributed by atoms with Crippen molar-refractivity contribution in [2.75, 3.05) is 28.4 Å². The third-order valence-corrected chi connectivity index (χ3v) is 7.77. The number of phenols is 1. The highest BCUT2D eigenvalue weighted by molar-refractivity contribution is 7.00. The fourth-order valence-electron chi connectivity index (χ4n) is 2.69. The summed E-state index contributed by atoms with van der Waals surface area (Å²) in [5.74, 6) is 2.44. The second-order valence-corrected chi connectivity index (χ2v) is 10.3. The number of hydrogen-bond donors (Lipinski definition) is 1. The number of phenolic OH excluding ortho intramolecular Hbond substituents is 1. The van der Waals surface area contributed by atoms with E-state index in [1.807, 2.05) is 18.2 Å². The Bertz CT molecular complexity index is 702. The maximum absolute atomic E-state index is 10.1. The molecule has 5 nitrogen and oxygen atoms in total. The summed E-state index contributed by atoms with van der Waals surface area (Å²) in [6, 6.07) is 9.52. The lowest BCUT2D eigenvalue weighted by molar-refractivity contribution is 0.325. The van der Waals surface area contributed by atoms with Gasteiger partial charge in [0, 0.05) is 0 Å². The predicted molar refractivity (Wildman–Crippen MR) is 97.5 cm³/mol. The molecule has 2 aromatic rings. The Kier molecular flexibility index (Phi) is 5.29. The summed E-state index contributed by atoms with van der Waals surface area (Å²) in [6.07, 6.45) is 0. The zero-order valence-electron chi connectivity index (χ0n) is 15.0. The van der Waals surface area contributed by atoms with Gasteiger partial charge in [0.25, 0.3) is 0 Å². The lowest BCUT2D eigenvalue weighted by atomic mass is 10.3. The molecule has 0 atom stereocenters. The van der Waals surface area contributed by atoms with Gasteiger partial charge in [0.1, 0.15) is 8.07 Å². The van der Waals surface area contributed by atoms with E-state index >= 15 is 0 Å². The molecule has 0 bridgehead atoms. The van der Waals surface area contributed by atoms with E-state index in [1.54, 1.807) is 33.5 Å². The number of benzene rings is 2. The molecule has 0 saturated heterocycles. The Morgan fingerprint density at radius 3 is 1.67 bits per heavy atom. The molecule has 24 heavy (non-hydrogen) atoms. The predicted octanol–water partition coefficient (Wildman–Crippen LogP) is 2.25. The number of ether oxygens (including phenoxy) is 4. The van der Waals surface area contributed by atoms with Crippen LogP contribution in [-0.4, -0.2) is 41.6 Å². The molecule has 0 unspecified atom stereocenters. The van der Waals surface area contributed by atoms with Crippen molar-refractivity contribution in [2.24, 2.45) is 0 Å². The molecule has 0 saturated carbocycles. The van der Waals surface area contributed by atoms with Crippen molar-refractivity contribution in [3.8, 4) is 28.7 Å². The van der Waals surface area contributed by atoms with Crippen LogP contribution in [0.1, 0.15) is 0 Å². The second kappa shape index (κ2) is 7.05. The molecule has 0 radical (unpaired) electrons. The van der Waals surface area contributed by atoms with E-state index in [-0.39, 0.29) is 5.75 Å². The molecule has 6 heteroatoms. The summed E-state index contributed by atoms with van der Waals surface area (Å²) in [5.41, 5.74) is 0. The van der Waals surface area contributed by atoms with Crippen LogP contribution in [0.15, 0.2) is 30.3 Å². The Morgan fingerprint density at radius 1 is 0.708 bits per heavy atom. The summed E-state index contributed by atoms with van der Waals surface area (Å²) >= 11 is 0. The molecular formula is C18H24O5Si. The third kappa shape index (κ3) is 3.14. The molecule has 1 N–H and O–H groups in total. The first-order chi connectivity index (χ1) is 11.4. The number of methoxy groups -OCH3 is 4. The monoisotopic (exact) mass is 348 g/mol. The average molecular weight is 348 g/mol. The van der Waals surface area contributed by atoms with Crippen molar-refractivity contribution >= 4 is 18.4 Å². The SMILES string of the molecule is COc1ccc([Si](C)(C)c2cc(OC)c(OC)c(OC)c2)cc1O. The van der Waals surface area contributed by atoms with E-state index in [1.165, 1.54) is 7.11 Å². The normalized spacial score (nSPS) is 11.1. The van der Waals surface area contributed by atoms with Gasteiger partial charge in [-0.1, -0.05) is 24.3 Å². The largest absolute Gasteiger partial charge is 0.504 e. The van der Waals surface area contributed by atoms with Crippen LogP contribution in [-0.2, 0) is 0 Å². The molecule has 2 rings (SSSR count). The van der Waals surface area contributed by atoms with Gasteiger partial charge in [0.05, 0.1) is 28.4 Å². The van der Waals surface area contributed by atoms with Crippen LogP contribution in [0.3, 0.4) is 0 Å². The molecule has 0 heterocycles. The van der Waals surface area contributed by atoms with Crippen molar-refractivity contribution in [1.82, 2.24) is 0 Å². The molecule has 0 aliphatic carbocycles. The molecule has 0 aliphatic heterocycles. The lowest BCUT2D eigenvalue weighted by Gasteiger charge is -2.26. The fraction of sp³-hybridized carbons (Fsp3) is 0.333. The second-order valence-electron chi connectivity index (χ2n) is 5.93. The van der Waals surface area contributed by atoms with Crippen LogP contribution in [0, 0.1) is 0 Å². The van der Waals surface area contributed by atoms with Crippen molar-refractivity contribution in [2.45, 2.75) is 13.1 Å². The summed E-state index contributed by atoms with van der Waals surface area (Å²) in [7, 11) is 4.25.